The van der Waals surface area contributed by atoms with E-state index in [1.54, 1.807) is 25.1 Å². The number of ether oxygens (including phenoxy) is 1. The zero-order valence-corrected chi connectivity index (χ0v) is 13.4. The minimum atomic E-state index is -4.50. The van der Waals surface area contributed by atoms with Gasteiger partial charge in [0.2, 0.25) is 0 Å². The molecule has 0 bridgehead atoms. The first-order chi connectivity index (χ1) is 11.7. The van der Waals surface area contributed by atoms with Gasteiger partial charge in [-0.1, -0.05) is 12.1 Å². The average molecular weight is 354 g/mol. The van der Waals surface area contributed by atoms with E-state index >= 15 is 0 Å². The molecule has 2 aromatic rings. The van der Waals surface area contributed by atoms with E-state index in [4.69, 9.17) is 9.84 Å². The molecule has 4 nitrogen and oxygen atoms in total. The molecule has 2 aromatic carbocycles. The van der Waals surface area contributed by atoms with Crippen molar-refractivity contribution in [1.29, 1.82) is 0 Å². The number of carboxylic acids is 1. The van der Waals surface area contributed by atoms with Crippen LogP contribution in [0.3, 0.4) is 0 Å². The van der Waals surface area contributed by atoms with Gasteiger partial charge in [0, 0.05) is 12.0 Å². The summed E-state index contributed by atoms with van der Waals surface area (Å²) in [7, 11) is 0. The fourth-order valence-electron chi connectivity index (χ4n) is 2.31. The highest BCUT2D eigenvalue weighted by Crippen LogP contribution is 2.32. The second-order valence-corrected chi connectivity index (χ2v) is 5.62. The molecule has 0 aliphatic rings. The normalized spacial score (nSPS) is 11.4. The van der Waals surface area contributed by atoms with Crippen molar-refractivity contribution in [2.75, 3.05) is 0 Å². The fourth-order valence-corrected chi connectivity index (χ4v) is 2.31. The summed E-state index contributed by atoms with van der Waals surface area (Å²) in [5.41, 5.74) is 0.734. The van der Waals surface area contributed by atoms with E-state index in [0.717, 1.165) is 29.3 Å². The number of aryl methyl sites for hydroxylation is 2. The predicted molar refractivity (Wildman–Crippen MR) is 84.6 cm³/mol. The minimum absolute atomic E-state index is 0.0117. The standard InChI is InChI=1S/C18H17F3O4/c1-11-8-12(3-7-17(23)24)2-6-16(11)25-10-13-9-14(18(19,20)21)4-5-15(13)22/h2,4-6,8-9,22H,3,7,10H2,1H3,(H,23,24). The Hall–Kier alpha value is -2.70. The van der Waals surface area contributed by atoms with Gasteiger partial charge in [-0.2, -0.15) is 13.2 Å². The topological polar surface area (TPSA) is 66.8 Å². The first kappa shape index (κ1) is 18.6. The maximum Gasteiger partial charge on any atom is 0.416 e. The molecule has 0 amide bonds. The number of phenolic OH excluding ortho intramolecular Hbond substituents is 1. The van der Waals surface area contributed by atoms with Crippen LogP contribution < -0.4 is 4.74 Å². The Kier molecular flexibility index (Phi) is 5.56. The third kappa shape index (κ3) is 5.14. The van der Waals surface area contributed by atoms with E-state index in [1.165, 1.54) is 0 Å². The molecule has 0 unspecified atom stereocenters. The Labute approximate surface area is 142 Å². The molecule has 0 radical (unpaired) electrons. The van der Waals surface area contributed by atoms with Gasteiger partial charge >= 0.3 is 12.1 Å². The Morgan fingerprint density at radius 1 is 1.16 bits per heavy atom. The van der Waals surface area contributed by atoms with Gasteiger partial charge in [0.15, 0.2) is 0 Å². The van der Waals surface area contributed by atoms with E-state index in [2.05, 4.69) is 0 Å². The number of carbonyl (C=O) groups is 1. The van der Waals surface area contributed by atoms with E-state index in [-0.39, 0.29) is 24.3 Å². The van der Waals surface area contributed by atoms with Crippen molar-refractivity contribution in [3.63, 3.8) is 0 Å². The van der Waals surface area contributed by atoms with Crippen molar-refractivity contribution in [2.45, 2.75) is 32.5 Å². The van der Waals surface area contributed by atoms with Crippen molar-refractivity contribution in [1.82, 2.24) is 0 Å². The van der Waals surface area contributed by atoms with Crippen LogP contribution in [0, 0.1) is 6.92 Å². The molecule has 2 rings (SSSR count). The van der Waals surface area contributed by atoms with Crippen molar-refractivity contribution in [3.05, 3.63) is 58.7 Å². The summed E-state index contributed by atoms with van der Waals surface area (Å²) in [5, 5.41) is 18.4. The molecule has 0 aliphatic heterocycles. The molecule has 2 N–H and O–H groups in total. The Balaban J connectivity index is 2.10. The van der Waals surface area contributed by atoms with Crippen LogP contribution in [0.5, 0.6) is 11.5 Å². The molecule has 0 heterocycles. The number of benzene rings is 2. The summed E-state index contributed by atoms with van der Waals surface area (Å²) < 4.78 is 43.7. The van der Waals surface area contributed by atoms with Crippen LogP contribution in [-0.2, 0) is 24.0 Å². The third-order valence-corrected chi connectivity index (χ3v) is 3.66. The van der Waals surface area contributed by atoms with Crippen LogP contribution in [0.4, 0.5) is 13.2 Å². The van der Waals surface area contributed by atoms with Crippen LogP contribution in [0.2, 0.25) is 0 Å². The summed E-state index contributed by atoms with van der Waals surface area (Å²) in [4.78, 5) is 10.6. The molecular formula is C18H17F3O4. The minimum Gasteiger partial charge on any atom is -0.508 e. The summed E-state index contributed by atoms with van der Waals surface area (Å²) >= 11 is 0. The Morgan fingerprint density at radius 2 is 1.88 bits per heavy atom. The molecule has 25 heavy (non-hydrogen) atoms. The van der Waals surface area contributed by atoms with E-state index in [9.17, 15) is 23.1 Å². The van der Waals surface area contributed by atoms with Crippen molar-refractivity contribution in [3.8, 4) is 11.5 Å². The summed E-state index contributed by atoms with van der Waals surface area (Å²) in [6.45, 7) is 1.54. The van der Waals surface area contributed by atoms with Crippen LogP contribution in [0.1, 0.15) is 28.7 Å². The van der Waals surface area contributed by atoms with Gasteiger partial charge < -0.3 is 14.9 Å². The number of alkyl halides is 3. The van der Waals surface area contributed by atoms with E-state index < -0.39 is 17.7 Å². The number of hydrogen-bond donors (Lipinski definition) is 2. The van der Waals surface area contributed by atoms with Gasteiger partial charge in [0.1, 0.15) is 18.1 Å². The molecule has 134 valence electrons. The first-order valence-electron chi connectivity index (χ1n) is 7.50. The van der Waals surface area contributed by atoms with Gasteiger partial charge in [0.05, 0.1) is 5.56 Å². The largest absolute Gasteiger partial charge is 0.508 e. The SMILES string of the molecule is Cc1cc(CCC(=O)O)ccc1OCc1cc(C(F)(F)F)ccc1O. The second-order valence-electron chi connectivity index (χ2n) is 5.62. The molecule has 0 fully saturated rings. The lowest BCUT2D eigenvalue weighted by atomic mass is 10.1. The van der Waals surface area contributed by atoms with Crippen LogP contribution in [0.15, 0.2) is 36.4 Å². The van der Waals surface area contributed by atoms with Crippen LogP contribution in [-0.4, -0.2) is 16.2 Å². The monoisotopic (exact) mass is 354 g/mol. The molecule has 0 aromatic heterocycles. The van der Waals surface area contributed by atoms with Crippen LogP contribution >= 0.6 is 0 Å². The van der Waals surface area contributed by atoms with Crippen molar-refractivity contribution in [2.24, 2.45) is 0 Å². The number of halogens is 3. The summed E-state index contributed by atoms with van der Waals surface area (Å²) in [6.07, 6.45) is -4.10. The van der Waals surface area contributed by atoms with E-state index in [1.807, 2.05) is 0 Å². The summed E-state index contributed by atoms with van der Waals surface area (Å²) in [6, 6.07) is 7.76. The number of rotatable bonds is 6. The van der Waals surface area contributed by atoms with Gasteiger partial charge in [-0.3, -0.25) is 4.79 Å². The first-order valence-corrected chi connectivity index (χ1v) is 7.50. The molecule has 0 aliphatic carbocycles. The lowest BCUT2D eigenvalue weighted by Crippen LogP contribution is -2.06. The fraction of sp³-hybridized carbons (Fsp3) is 0.278. The molecular weight excluding hydrogens is 337 g/mol. The molecule has 0 saturated carbocycles. The van der Waals surface area contributed by atoms with Gasteiger partial charge in [0.25, 0.3) is 0 Å². The summed E-state index contributed by atoms with van der Waals surface area (Å²) in [5.74, 6) is -0.711. The molecule has 7 heteroatoms. The lowest BCUT2D eigenvalue weighted by Gasteiger charge is -2.13. The number of aliphatic carboxylic acids is 1. The Bertz CT molecular complexity index is 769. The molecule has 0 atom stereocenters. The maximum atomic E-state index is 12.7. The number of phenols is 1. The average Bonchev–Trinajstić information content (AvgIpc) is 2.52. The predicted octanol–water partition coefficient (Wildman–Crippen LogP) is 4.32. The molecule has 0 spiro atoms. The van der Waals surface area contributed by atoms with Crippen LogP contribution in [0.25, 0.3) is 0 Å². The van der Waals surface area contributed by atoms with Crippen molar-refractivity contribution >= 4 is 5.97 Å². The van der Waals surface area contributed by atoms with Gasteiger partial charge in [-0.25, -0.2) is 0 Å². The zero-order valence-electron chi connectivity index (χ0n) is 13.4. The quantitative estimate of drug-likeness (QED) is 0.811. The van der Waals surface area contributed by atoms with Gasteiger partial charge in [-0.05, 0) is 48.7 Å². The highest BCUT2D eigenvalue weighted by Gasteiger charge is 2.31. The number of aromatic hydroxyl groups is 1. The smallest absolute Gasteiger partial charge is 0.416 e. The number of hydrogen-bond acceptors (Lipinski definition) is 3. The lowest BCUT2D eigenvalue weighted by molar-refractivity contribution is -0.138. The second kappa shape index (κ2) is 7.46. The Morgan fingerprint density at radius 3 is 2.48 bits per heavy atom. The molecule has 0 saturated heterocycles. The van der Waals surface area contributed by atoms with Crippen molar-refractivity contribution < 1.29 is 32.9 Å². The zero-order chi connectivity index (χ0) is 18.6. The number of carboxylic acid groups (broad SMARTS) is 1. The third-order valence-electron chi connectivity index (χ3n) is 3.66. The highest BCUT2D eigenvalue weighted by atomic mass is 19.4. The van der Waals surface area contributed by atoms with E-state index in [0.29, 0.717) is 12.2 Å². The maximum absolute atomic E-state index is 12.7. The van der Waals surface area contributed by atoms with Gasteiger partial charge in [-0.15, -0.1) is 0 Å². The highest BCUT2D eigenvalue weighted by molar-refractivity contribution is 5.67.